The van der Waals surface area contributed by atoms with Crippen LogP contribution in [-0.4, -0.2) is 50.5 Å². The van der Waals surface area contributed by atoms with Crippen molar-refractivity contribution in [3.05, 3.63) is 34.0 Å². The molecular weight excluding hydrogens is 298 g/mol. The summed E-state index contributed by atoms with van der Waals surface area (Å²) in [5.41, 5.74) is 2.20. The van der Waals surface area contributed by atoms with Crippen molar-refractivity contribution < 1.29 is 4.79 Å². The predicted octanol–water partition coefficient (Wildman–Crippen LogP) is 1.27. The topological polar surface area (TPSA) is 65.1 Å². The van der Waals surface area contributed by atoms with Crippen LogP contribution in [-0.2, 0) is 17.9 Å². The molecule has 4 rings (SSSR count). The number of rotatable bonds is 4. The zero-order chi connectivity index (χ0) is 15.1. The number of carbonyl (C=O) groups is 1. The van der Waals surface area contributed by atoms with E-state index in [2.05, 4.69) is 25.5 Å². The second kappa shape index (κ2) is 5.48. The van der Waals surface area contributed by atoms with E-state index in [0.29, 0.717) is 18.4 Å². The third-order valence-corrected chi connectivity index (χ3v) is 5.40. The minimum Gasteiger partial charge on any atom is -0.336 e. The summed E-state index contributed by atoms with van der Waals surface area (Å²) in [7, 11) is 0. The number of amides is 1. The zero-order valence-corrected chi connectivity index (χ0v) is 13.3. The molecule has 0 aliphatic carbocycles. The molecule has 0 spiro atoms. The fourth-order valence-electron chi connectivity index (χ4n) is 3.60. The Morgan fingerprint density at radius 1 is 1.36 bits per heavy atom. The molecule has 0 saturated carbocycles. The summed E-state index contributed by atoms with van der Waals surface area (Å²) >= 11 is 1.65. The van der Waals surface area contributed by atoms with Gasteiger partial charge in [-0.1, -0.05) is 0 Å². The van der Waals surface area contributed by atoms with E-state index in [1.807, 2.05) is 24.2 Å². The molecule has 0 radical (unpaired) electrons. The van der Waals surface area contributed by atoms with Crippen molar-refractivity contribution in [1.82, 2.24) is 25.0 Å². The van der Waals surface area contributed by atoms with E-state index in [1.165, 1.54) is 5.56 Å². The van der Waals surface area contributed by atoms with Crippen LogP contribution in [0.5, 0.6) is 0 Å². The van der Waals surface area contributed by atoms with Crippen molar-refractivity contribution in [1.29, 1.82) is 0 Å². The first-order valence-electron chi connectivity index (χ1n) is 7.59. The third-order valence-electron chi connectivity index (χ3n) is 4.58. The average Bonchev–Trinajstić information content (AvgIpc) is 3.23. The Morgan fingerprint density at radius 3 is 2.95 bits per heavy atom. The second-order valence-electron chi connectivity index (χ2n) is 6.24. The molecule has 6 nitrogen and oxygen atoms in total. The van der Waals surface area contributed by atoms with Gasteiger partial charge < -0.3 is 4.90 Å². The molecule has 22 heavy (non-hydrogen) atoms. The largest absolute Gasteiger partial charge is 0.336 e. The van der Waals surface area contributed by atoms with Crippen LogP contribution in [0.25, 0.3) is 0 Å². The Hall–Kier alpha value is -1.73. The number of carbonyl (C=O) groups excluding carboxylic acids is 1. The van der Waals surface area contributed by atoms with Crippen molar-refractivity contribution in [3.63, 3.8) is 0 Å². The molecule has 0 unspecified atom stereocenters. The summed E-state index contributed by atoms with van der Waals surface area (Å²) in [6.07, 6.45) is 3.78. The van der Waals surface area contributed by atoms with E-state index in [0.717, 1.165) is 36.9 Å². The smallest absolute Gasteiger partial charge is 0.227 e. The molecule has 0 aromatic carbocycles. The van der Waals surface area contributed by atoms with E-state index >= 15 is 0 Å². The Bertz CT molecular complexity index is 667. The normalized spacial score (nSPS) is 25.1. The summed E-state index contributed by atoms with van der Waals surface area (Å²) < 4.78 is 0. The number of aromatic nitrogens is 3. The van der Waals surface area contributed by atoms with Crippen LogP contribution in [0.3, 0.4) is 0 Å². The van der Waals surface area contributed by atoms with Gasteiger partial charge in [0.2, 0.25) is 5.91 Å². The number of aromatic amines is 1. The maximum Gasteiger partial charge on any atom is 0.227 e. The van der Waals surface area contributed by atoms with Crippen molar-refractivity contribution in [2.24, 2.45) is 11.8 Å². The predicted molar refractivity (Wildman–Crippen MR) is 83.1 cm³/mol. The molecule has 1 amide bonds. The van der Waals surface area contributed by atoms with Gasteiger partial charge in [-0.15, -0.1) is 11.3 Å². The minimum absolute atomic E-state index is 0.159. The number of hydrogen-bond acceptors (Lipinski definition) is 5. The molecular formula is C15H19N5OS. The van der Waals surface area contributed by atoms with Crippen molar-refractivity contribution in [2.45, 2.75) is 20.0 Å². The van der Waals surface area contributed by atoms with Gasteiger partial charge in [0.15, 0.2) is 0 Å². The van der Waals surface area contributed by atoms with Crippen LogP contribution in [0.4, 0.5) is 0 Å². The number of fused-ring (bicyclic) bond motifs is 1. The van der Waals surface area contributed by atoms with Gasteiger partial charge in [-0.3, -0.25) is 14.8 Å². The van der Waals surface area contributed by atoms with Crippen molar-refractivity contribution in [2.75, 3.05) is 19.6 Å². The molecule has 0 bridgehead atoms. The van der Waals surface area contributed by atoms with E-state index in [4.69, 9.17) is 0 Å². The van der Waals surface area contributed by atoms with Crippen LogP contribution in [0, 0.1) is 18.8 Å². The van der Waals surface area contributed by atoms with Gasteiger partial charge in [0, 0.05) is 49.2 Å². The van der Waals surface area contributed by atoms with Gasteiger partial charge in [-0.2, -0.15) is 5.10 Å². The first kappa shape index (κ1) is 13.9. The number of H-pyrrole nitrogens is 1. The van der Waals surface area contributed by atoms with Crippen molar-refractivity contribution >= 4 is 17.2 Å². The molecule has 2 aromatic heterocycles. The van der Waals surface area contributed by atoms with Gasteiger partial charge in [0.1, 0.15) is 0 Å². The Kier molecular flexibility index (Phi) is 3.46. The van der Waals surface area contributed by atoms with Gasteiger partial charge in [-0.25, -0.2) is 4.98 Å². The molecule has 2 saturated heterocycles. The summed E-state index contributed by atoms with van der Waals surface area (Å²) in [4.78, 5) is 21.4. The highest BCUT2D eigenvalue weighted by Crippen LogP contribution is 2.33. The van der Waals surface area contributed by atoms with Crippen molar-refractivity contribution in [3.8, 4) is 0 Å². The second-order valence-corrected chi connectivity index (χ2v) is 7.31. The summed E-state index contributed by atoms with van der Waals surface area (Å²) in [6.45, 7) is 6.26. The van der Waals surface area contributed by atoms with Gasteiger partial charge in [0.25, 0.3) is 0 Å². The quantitative estimate of drug-likeness (QED) is 0.922. The molecule has 2 aliphatic rings. The molecule has 1 N–H and O–H groups in total. The van der Waals surface area contributed by atoms with E-state index in [9.17, 15) is 4.79 Å². The maximum absolute atomic E-state index is 12.6. The maximum atomic E-state index is 12.6. The fraction of sp³-hybridized carbons (Fsp3) is 0.533. The number of aryl methyl sites for hydroxylation is 1. The molecule has 4 heterocycles. The standard InChI is InChI=1S/C15H19N5OS/c1-10-18-13(9-22-10)7-20-6-12-5-19(8-14(12)15(20)21)4-11-2-16-17-3-11/h2-3,9,12,14H,4-8H2,1H3,(H,16,17)/t12-,14-/m0/s1. The minimum atomic E-state index is 0.159. The van der Waals surface area contributed by atoms with Crippen LogP contribution >= 0.6 is 11.3 Å². The Morgan fingerprint density at radius 2 is 2.27 bits per heavy atom. The SMILES string of the molecule is Cc1nc(CN2C[C@@H]3CN(Cc4cn[nH]c4)C[C@@H]3C2=O)cs1. The monoisotopic (exact) mass is 317 g/mol. The first-order valence-corrected chi connectivity index (χ1v) is 8.47. The number of likely N-dealkylation sites (tertiary alicyclic amines) is 2. The molecule has 7 heteroatoms. The number of hydrogen-bond donors (Lipinski definition) is 1. The van der Waals surface area contributed by atoms with Crippen LogP contribution < -0.4 is 0 Å². The van der Waals surface area contributed by atoms with E-state index < -0.39 is 0 Å². The number of nitrogens with zero attached hydrogens (tertiary/aromatic N) is 4. The molecule has 2 atom stereocenters. The number of thiazole rings is 1. The summed E-state index contributed by atoms with van der Waals surface area (Å²) in [6, 6.07) is 0. The van der Waals surface area contributed by atoms with Gasteiger partial charge in [0.05, 0.1) is 29.4 Å². The Balaban J connectivity index is 1.38. The zero-order valence-electron chi connectivity index (χ0n) is 12.5. The lowest BCUT2D eigenvalue weighted by Gasteiger charge is -2.20. The van der Waals surface area contributed by atoms with E-state index in [-0.39, 0.29) is 5.92 Å². The van der Waals surface area contributed by atoms with Crippen LogP contribution in [0.15, 0.2) is 17.8 Å². The lowest BCUT2D eigenvalue weighted by Crippen LogP contribution is -2.32. The lowest BCUT2D eigenvalue weighted by molar-refractivity contribution is -0.131. The number of nitrogens with one attached hydrogen (secondary N) is 1. The van der Waals surface area contributed by atoms with Gasteiger partial charge >= 0.3 is 0 Å². The molecule has 2 aromatic rings. The molecule has 116 valence electrons. The third kappa shape index (κ3) is 2.55. The molecule has 2 fully saturated rings. The van der Waals surface area contributed by atoms with Gasteiger partial charge in [-0.05, 0) is 6.92 Å². The van der Waals surface area contributed by atoms with E-state index in [1.54, 1.807) is 11.3 Å². The highest BCUT2D eigenvalue weighted by molar-refractivity contribution is 7.09. The lowest BCUT2D eigenvalue weighted by atomic mass is 10.0. The first-order chi connectivity index (χ1) is 10.7. The fourth-order valence-corrected chi connectivity index (χ4v) is 4.21. The summed E-state index contributed by atoms with van der Waals surface area (Å²) in [5.74, 6) is 0.913. The Labute approximate surface area is 133 Å². The van der Waals surface area contributed by atoms with Crippen LogP contribution in [0.1, 0.15) is 16.3 Å². The summed E-state index contributed by atoms with van der Waals surface area (Å²) in [5, 5.41) is 9.94. The molecule has 2 aliphatic heterocycles. The average molecular weight is 317 g/mol. The van der Waals surface area contributed by atoms with Crippen LogP contribution in [0.2, 0.25) is 0 Å². The highest BCUT2D eigenvalue weighted by Gasteiger charge is 2.45. The highest BCUT2D eigenvalue weighted by atomic mass is 32.1.